The van der Waals surface area contributed by atoms with Crippen LogP contribution in [0.25, 0.3) is 0 Å². The molecule has 0 saturated carbocycles. The molecule has 1 heterocycles. The quantitative estimate of drug-likeness (QED) is 0.796. The minimum absolute atomic E-state index is 0.0592. The number of aryl methyl sites for hydroxylation is 1. The predicted octanol–water partition coefficient (Wildman–Crippen LogP) is 1.52. The number of hydrogen-bond acceptors (Lipinski definition) is 4. The molecule has 0 aromatic carbocycles. The van der Waals surface area contributed by atoms with Crippen LogP contribution >= 0.6 is 11.3 Å². The highest BCUT2D eigenvalue weighted by Crippen LogP contribution is 2.14. The molecular weight excluding hydrogens is 198 g/mol. The molecule has 0 bridgehead atoms. The van der Waals surface area contributed by atoms with E-state index in [1.165, 1.54) is 11.3 Å². The average Bonchev–Trinajstić information content (AvgIpc) is 2.50. The monoisotopic (exact) mass is 213 g/mol. The second-order valence-electron chi connectivity index (χ2n) is 3.21. The fraction of sp³-hybridized carbons (Fsp3) is 0.556. The number of nitrogens with one attached hydrogen (secondary N) is 1. The van der Waals surface area contributed by atoms with Crippen LogP contribution in [-0.2, 0) is 4.79 Å². The average molecular weight is 213 g/mol. The summed E-state index contributed by atoms with van der Waals surface area (Å²) in [5, 5.41) is 5.26. The van der Waals surface area contributed by atoms with E-state index in [0.717, 1.165) is 12.1 Å². The lowest BCUT2D eigenvalue weighted by atomic mass is 10.2. The summed E-state index contributed by atoms with van der Waals surface area (Å²) in [4.78, 5) is 15.5. The minimum Gasteiger partial charge on any atom is -0.327 e. The Morgan fingerprint density at radius 3 is 3.00 bits per heavy atom. The van der Waals surface area contributed by atoms with E-state index >= 15 is 0 Å². The Bertz CT molecular complexity index is 311. The molecule has 78 valence electrons. The van der Waals surface area contributed by atoms with Crippen molar-refractivity contribution in [3.63, 3.8) is 0 Å². The van der Waals surface area contributed by atoms with E-state index in [2.05, 4.69) is 10.3 Å². The number of anilines is 1. The third-order valence-electron chi connectivity index (χ3n) is 1.84. The molecule has 1 rings (SSSR count). The van der Waals surface area contributed by atoms with Crippen LogP contribution in [0.5, 0.6) is 0 Å². The Balaban J connectivity index is 2.41. The van der Waals surface area contributed by atoms with Crippen molar-refractivity contribution >= 4 is 22.4 Å². The van der Waals surface area contributed by atoms with E-state index in [9.17, 15) is 4.79 Å². The van der Waals surface area contributed by atoms with Crippen LogP contribution in [0.1, 0.15) is 25.5 Å². The van der Waals surface area contributed by atoms with Crippen LogP contribution < -0.4 is 11.1 Å². The van der Waals surface area contributed by atoms with Gasteiger partial charge >= 0.3 is 0 Å². The number of nitrogens with two attached hydrogens (primary N) is 1. The second kappa shape index (κ2) is 5.07. The first-order chi connectivity index (χ1) is 6.61. The fourth-order valence-electron chi connectivity index (χ4n) is 0.964. The molecule has 1 unspecified atom stereocenters. The number of hydrogen-bond donors (Lipinski definition) is 2. The van der Waals surface area contributed by atoms with Gasteiger partial charge in [-0.05, 0) is 13.3 Å². The second-order valence-corrected chi connectivity index (χ2v) is 4.07. The number of carbonyl (C=O) groups excluding carboxylic acids is 1. The standard InChI is InChI=1S/C9H15N3OS/c1-3-7(10)4-8(13)12-9-11-6(2)5-14-9/h5,7H,3-4,10H2,1-2H3,(H,11,12,13). The van der Waals surface area contributed by atoms with Crippen LogP contribution in [0.4, 0.5) is 5.13 Å². The fourth-order valence-corrected chi connectivity index (χ4v) is 1.67. The number of amides is 1. The summed E-state index contributed by atoms with van der Waals surface area (Å²) in [6, 6.07) is -0.0592. The number of thiazole rings is 1. The lowest BCUT2D eigenvalue weighted by molar-refractivity contribution is -0.116. The van der Waals surface area contributed by atoms with Gasteiger partial charge in [-0.1, -0.05) is 6.92 Å². The van der Waals surface area contributed by atoms with Gasteiger partial charge in [0.1, 0.15) is 0 Å². The van der Waals surface area contributed by atoms with Gasteiger partial charge in [0.25, 0.3) is 0 Å². The van der Waals surface area contributed by atoms with E-state index in [1.807, 2.05) is 19.2 Å². The Morgan fingerprint density at radius 2 is 2.50 bits per heavy atom. The molecule has 0 aliphatic heterocycles. The summed E-state index contributed by atoms with van der Waals surface area (Å²) in [5.41, 5.74) is 6.58. The highest BCUT2D eigenvalue weighted by Gasteiger charge is 2.09. The Hall–Kier alpha value is -0.940. The van der Waals surface area contributed by atoms with E-state index in [-0.39, 0.29) is 11.9 Å². The van der Waals surface area contributed by atoms with Gasteiger partial charge in [-0.2, -0.15) is 0 Å². The SMILES string of the molecule is CCC(N)CC(=O)Nc1nc(C)cs1. The van der Waals surface area contributed by atoms with Crippen molar-refractivity contribution in [3.05, 3.63) is 11.1 Å². The van der Waals surface area contributed by atoms with Crippen molar-refractivity contribution in [3.8, 4) is 0 Å². The van der Waals surface area contributed by atoms with Crippen LogP contribution in [0.3, 0.4) is 0 Å². The summed E-state index contributed by atoms with van der Waals surface area (Å²) in [7, 11) is 0. The maximum Gasteiger partial charge on any atom is 0.227 e. The predicted molar refractivity (Wildman–Crippen MR) is 58.4 cm³/mol. The summed E-state index contributed by atoms with van der Waals surface area (Å²) in [6.45, 7) is 3.86. The normalized spacial score (nSPS) is 12.5. The first kappa shape index (κ1) is 11.1. The van der Waals surface area contributed by atoms with Gasteiger partial charge in [0.15, 0.2) is 5.13 Å². The summed E-state index contributed by atoms with van der Waals surface area (Å²) < 4.78 is 0. The first-order valence-electron chi connectivity index (χ1n) is 4.59. The minimum atomic E-state index is -0.0614. The summed E-state index contributed by atoms with van der Waals surface area (Å²) >= 11 is 1.43. The Morgan fingerprint density at radius 1 is 1.79 bits per heavy atom. The highest BCUT2D eigenvalue weighted by molar-refractivity contribution is 7.13. The molecule has 0 saturated heterocycles. The van der Waals surface area contributed by atoms with Crippen LogP contribution in [-0.4, -0.2) is 16.9 Å². The molecule has 14 heavy (non-hydrogen) atoms. The molecule has 0 fully saturated rings. The topological polar surface area (TPSA) is 68.0 Å². The molecule has 5 heteroatoms. The third-order valence-corrected chi connectivity index (χ3v) is 2.71. The smallest absolute Gasteiger partial charge is 0.227 e. The van der Waals surface area contributed by atoms with Gasteiger partial charge in [0.05, 0.1) is 5.69 Å². The van der Waals surface area contributed by atoms with Gasteiger partial charge in [0.2, 0.25) is 5.91 Å². The number of carbonyl (C=O) groups is 1. The number of nitrogens with zero attached hydrogens (tertiary/aromatic N) is 1. The molecule has 0 radical (unpaired) electrons. The number of rotatable bonds is 4. The van der Waals surface area contributed by atoms with Crippen molar-refractivity contribution in [1.29, 1.82) is 0 Å². The van der Waals surface area contributed by atoms with E-state index in [0.29, 0.717) is 11.6 Å². The van der Waals surface area contributed by atoms with E-state index in [4.69, 9.17) is 5.73 Å². The molecule has 3 N–H and O–H groups in total. The lowest BCUT2D eigenvalue weighted by Crippen LogP contribution is -2.26. The maximum atomic E-state index is 11.4. The molecule has 0 aliphatic rings. The molecule has 0 spiro atoms. The summed E-state index contributed by atoms with van der Waals surface area (Å²) in [6.07, 6.45) is 1.17. The van der Waals surface area contributed by atoms with Crippen molar-refractivity contribution < 1.29 is 4.79 Å². The van der Waals surface area contributed by atoms with Gasteiger partial charge in [-0.3, -0.25) is 4.79 Å². The van der Waals surface area contributed by atoms with Crippen molar-refractivity contribution in [1.82, 2.24) is 4.98 Å². The van der Waals surface area contributed by atoms with Crippen molar-refractivity contribution in [2.24, 2.45) is 5.73 Å². The zero-order valence-electron chi connectivity index (χ0n) is 8.41. The Labute approximate surface area is 87.5 Å². The zero-order chi connectivity index (χ0) is 10.6. The van der Waals surface area contributed by atoms with Gasteiger partial charge in [-0.25, -0.2) is 4.98 Å². The zero-order valence-corrected chi connectivity index (χ0v) is 9.23. The lowest BCUT2D eigenvalue weighted by Gasteiger charge is -2.06. The number of aromatic nitrogens is 1. The molecule has 1 atom stereocenters. The molecule has 1 aromatic rings. The maximum absolute atomic E-state index is 11.4. The van der Waals surface area contributed by atoms with Crippen molar-refractivity contribution in [2.75, 3.05) is 5.32 Å². The van der Waals surface area contributed by atoms with Gasteiger partial charge < -0.3 is 11.1 Å². The molecular formula is C9H15N3OS. The molecule has 1 aromatic heterocycles. The Kier molecular flexibility index (Phi) is 4.03. The largest absolute Gasteiger partial charge is 0.327 e. The molecule has 1 amide bonds. The van der Waals surface area contributed by atoms with E-state index < -0.39 is 0 Å². The first-order valence-corrected chi connectivity index (χ1v) is 5.47. The highest BCUT2D eigenvalue weighted by atomic mass is 32.1. The third kappa shape index (κ3) is 3.43. The van der Waals surface area contributed by atoms with Gasteiger partial charge in [-0.15, -0.1) is 11.3 Å². The molecule has 4 nitrogen and oxygen atoms in total. The molecule has 0 aliphatic carbocycles. The van der Waals surface area contributed by atoms with E-state index in [1.54, 1.807) is 0 Å². The van der Waals surface area contributed by atoms with Crippen molar-refractivity contribution in [2.45, 2.75) is 32.7 Å². The van der Waals surface area contributed by atoms with Crippen LogP contribution in [0.15, 0.2) is 5.38 Å². The summed E-state index contributed by atoms with van der Waals surface area (Å²) in [5.74, 6) is -0.0614. The van der Waals surface area contributed by atoms with Gasteiger partial charge in [0, 0.05) is 17.8 Å². The van der Waals surface area contributed by atoms with Crippen LogP contribution in [0.2, 0.25) is 0 Å². The van der Waals surface area contributed by atoms with Crippen LogP contribution in [0, 0.1) is 6.92 Å².